The Morgan fingerprint density at radius 2 is 2.21 bits per heavy atom. The number of rotatable bonds is 2. The van der Waals surface area contributed by atoms with Crippen molar-refractivity contribution in [2.45, 2.75) is 6.43 Å². The number of hydrogen-bond donors (Lipinski definition) is 0. The summed E-state index contributed by atoms with van der Waals surface area (Å²) < 4.78 is 24.4. The van der Waals surface area contributed by atoms with E-state index in [0.717, 1.165) is 6.20 Å². The van der Waals surface area contributed by atoms with Crippen LogP contribution in [0.15, 0.2) is 6.20 Å². The predicted molar refractivity (Wildman–Crippen MR) is 53.6 cm³/mol. The van der Waals surface area contributed by atoms with Crippen molar-refractivity contribution >= 4 is 39.9 Å². The van der Waals surface area contributed by atoms with E-state index < -0.39 is 17.0 Å². The molecule has 0 aromatic carbocycles. The van der Waals surface area contributed by atoms with Crippen LogP contribution in [-0.4, -0.2) is 9.91 Å². The average Bonchev–Trinajstić information content (AvgIpc) is 2.08. The van der Waals surface area contributed by atoms with Crippen molar-refractivity contribution in [3.8, 4) is 0 Å². The van der Waals surface area contributed by atoms with Crippen LogP contribution in [0, 0.1) is 13.7 Å². The maximum Gasteiger partial charge on any atom is 0.302 e. The molecule has 0 fully saturated rings. The topological polar surface area (TPSA) is 56.0 Å². The summed E-state index contributed by atoms with van der Waals surface area (Å²) in [5.41, 5.74) is -1.01. The van der Waals surface area contributed by atoms with Crippen molar-refractivity contribution in [3.63, 3.8) is 0 Å². The van der Waals surface area contributed by atoms with Gasteiger partial charge >= 0.3 is 5.69 Å². The summed E-state index contributed by atoms with van der Waals surface area (Å²) in [7, 11) is 0. The molecule has 1 aromatic rings. The monoisotopic (exact) mass is 334 g/mol. The maximum absolute atomic E-state index is 12.2. The summed E-state index contributed by atoms with van der Waals surface area (Å²) in [6.07, 6.45) is -2.06. The third-order valence-corrected chi connectivity index (χ3v) is 3.17. The molecule has 1 rings (SSSR count). The second-order valence-corrected chi connectivity index (χ2v) is 3.67. The van der Waals surface area contributed by atoms with E-state index in [9.17, 15) is 18.9 Å². The molecule has 14 heavy (non-hydrogen) atoms. The lowest BCUT2D eigenvalue weighted by Gasteiger charge is -2.03. The Balaban J connectivity index is 3.33. The van der Waals surface area contributed by atoms with E-state index in [0.29, 0.717) is 0 Å². The van der Waals surface area contributed by atoms with Crippen molar-refractivity contribution in [2.75, 3.05) is 0 Å². The number of halogens is 4. The SMILES string of the molecule is O=[N+]([O-])c1cnc(C(F)F)c(Cl)c1I. The van der Waals surface area contributed by atoms with Gasteiger partial charge in [0.1, 0.15) is 15.5 Å². The van der Waals surface area contributed by atoms with Gasteiger partial charge < -0.3 is 0 Å². The molecule has 0 aliphatic heterocycles. The zero-order valence-electron chi connectivity index (χ0n) is 6.38. The second-order valence-electron chi connectivity index (χ2n) is 2.21. The van der Waals surface area contributed by atoms with Gasteiger partial charge in [-0.2, -0.15) is 0 Å². The molecule has 0 spiro atoms. The van der Waals surface area contributed by atoms with Crippen LogP contribution in [-0.2, 0) is 0 Å². The molecule has 0 aliphatic rings. The normalized spacial score (nSPS) is 10.6. The number of aromatic nitrogens is 1. The molecule has 0 unspecified atom stereocenters. The number of pyridine rings is 1. The molecule has 0 N–H and O–H groups in total. The Bertz CT molecular complexity index is 388. The Labute approximate surface area is 95.6 Å². The van der Waals surface area contributed by atoms with Crippen LogP contribution in [0.2, 0.25) is 5.02 Å². The minimum absolute atomic E-state index is 0.0282. The molecule has 0 atom stereocenters. The lowest BCUT2D eigenvalue weighted by Crippen LogP contribution is -1.99. The van der Waals surface area contributed by atoms with Crippen LogP contribution in [0.4, 0.5) is 14.5 Å². The van der Waals surface area contributed by atoms with E-state index in [1.165, 1.54) is 22.6 Å². The number of alkyl halides is 2. The van der Waals surface area contributed by atoms with Crippen molar-refractivity contribution in [3.05, 3.63) is 30.6 Å². The minimum Gasteiger partial charge on any atom is -0.258 e. The van der Waals surface area contributed by atoms with E-state index in [1.54, 1.807) is 0 Å². The molecule has 1 heterocycles. The molecule has 0 radical (unpaired) electrons. The first-order valence-corrected chi connectivity index (χ1v) is 4.67. The van der Waals surface area contributed by atoms with Crippen LogP contribution in [0.3, 0.4) is 0 Å². The van der Waals surface area contributed by atoms with Crippen molar-refractivity contribution < 1.29 is 13.7 Å². The van der Waals surface area contributed by atoms with E-state index in [2.05, 4.69) is 4.98 Å². The summed E-state index contributed by atoms with van der Waals surface area (Å²) >= 11 is 7.02. The summed E-state index contributed by atoms with van der Waals surface area (Å²) in [5.74, 6) is 0. The smallest absolute Gasteiger partial charge is 0.258 e. The molecule has 0 amide bonds. The van der Waals surface area contributed by atoms with Gasteiger partial charge in [0.2, 0.25) is 0 Å². The molecule has 0 saturated carbocycles. The van der Waals surface area contributed by atoms with E-state index in [1.807, 2.05) is 0 Å². The largest absolute Gasteiger partial charge is 0.302 e. The van der Waals surface area contributed by atoms with Gasteiger partial charge in [-0.05, 0) is 22.6 Å². The Morgan fingerprint density at radius 1 is 1.64 bits per heavy atom. The molecule has 0 aliphatic carbocycles. The van der Waals surface area contributed by atoms with Crippen LogP contribution in [0.1, 0.15) is 12.1 Å². The number of hydrogen-bond acceptors (Lipinski definition) is 3. The van der Waals surface area contributed by atoms with Crippen LogP contribution in [0.25, 0.3) is 0 Å². The van der Waals surface area contributed by atoms with Crippen molar-refractivity contribution in [1.82, 2.24) is 4.98 Å². The highest BCUT2D eigenvalue weighted by Gasteiger charge is 2.23. The predicted octanol–water partition coefficient (Wildman–Crippen LogP) is 3.19. The Morgan fingerprint density at radius 3 is 2.64 bits per heavy atom. The quantitative estimate of drug-likeness (QED) is 0.474. The van der Waals surface area contributed by atoms with Gasteiger partial charge in [0.25, 0.3) is 6.43 Å². The molecule has 0 saturated heterocycles. The fraction of sp³-hybridized carbons (Fsp3) is 0.167. The highest BCUT2D eigenvalue weighted by Crippen LogP contribution is 2.33. The minimum atomic E-state index is -2.84. The first-order chi connectivity index (χ1) is 6.45. The van der Waals surface area contributed by atoms with Crippen molar-refractivity contribution in [1.29, 1.82) is 0 Å². The van der Waals surface area contributed by atoms with E-state index >= 15 is 0 Å². The van der Waals surface area contributed by atoms with Gasteiger partial charge in [0, 0.05) is 0 Å². The molecule has 76 valence electrons. The third kappa shape index (κ3) is 2.08. The Hall–Kier alpha value is -0.570. The summed E-state index contributed by atoms with van der Waals surface area (Å²) in [4.78, 5) is 12.9. The van der Waals surface area contributed by atoms with Gasteiger partial charge in [0.05, 0.1) is 9.95 Å². The zero-order chi connectivity index (χ0) is 10.9. The second kappa shape index (κ2) is 4.30. The fourth-order valence-corrected chi connectivity index (χ4v) is 1.59. The van der Waals surface area contributed by atoms with Gasteiger partial charge in [0.15, 0.2) is 0 Å². The summed E-state index contributed by atoms with van der Waals surface area (Å²) in [6, 6.07) is 0. The average molecular weight is 334 g/mol. The highest BCUT2D eigenvalue weighted by atomic mass is 127. The number of nitrogens with zero attached hydrogens (tertiary/aromatic N) is 2. The molecule has 8 heteroatoms. The lowest BCUT2D eigenvalue weighted by atomic mass is 10.3. The van der Waals surface area contributed by atoms with E-state index in [4.69, 9.17) is 11.6 Å². The van der Waals surface area contributed by atoms with Crippen LogP contribution < -0.4 is 0 Å². The standard InChI is InChI=1S/C6H2ClF2IN2O2/c7-3-4(10)2(12(13)14)1-11-5(3)6(8)9/h1,6H. The van der Waals surface area contributed by atoms with Crippen LogP contribution >= 0.6 is 34.2 Å². The van der Waals surface area contributed by atoms with E-state index in [-0.39, 0.29) is 14.3 Å². The van der Waals surface area contributed by atoms with Gasteiger partial charge in [-0.25, -0.2) is 13.8 Å². The highest BCUT2D eigenvalue weighted by molar-refractivity contribution is 14.1. The molecular formula is C6H2ClF2IN2O2. The van der Waals surface area contributed by atoms with Gasteiger partial charge in [-0.15, -0.1) is 0 Å². The Kier molecular flexibility index (Phi) is 3.53. The first-order valence-electron chi connectivity index (χ1n) is 3.21. The summed E-state index contributed by atoms with van der Waals surface area (Å²) in [5, 5.41) is 10.0. The molecule has 1 aromatic heterocycles. The van der Waals surface area contributed by atoms with Crippen LogP contribution in [0.5, 0.6) is 0 Å². The molecule has 4 nitrogen and oxygen atoms in total. The molecule has 0 bridgehead atoms. The number of nitro groups is 1. The zero-order valence-corrected chi connectivity index (χ0v) is 9.29. The lowest BCUT2D eigenvalue weighted by molar-refractivity contribution is -0.386. The van der Waals surface area contributed by atoms with Crippen molar-refractivity contribution in [2.24, 2.45) is 0 Å². The molecular weight excluding hydrogens is 332 g/mol. The maximum atomic E-state index is 12.2. The fourth-order valence-electron chi connectivity index (χ4n) is 0.748. The van der Waals surface area contributed by atoms with Gasteiger partial charge in [-0.1, -0.05) is 11.6 Å². The van der Waals surface area contributed by atoms with Gasteiger partial charge in [-0.3, -0.25) is 10.1 Å². The third-order valence-electron chi connectivity index (χ3n) is 1.37. The summed E-state index contributed by atoms with van der Waals surface area (Å²) in [6.45, 7) is 0. The first kappa shape index (κ1) is 11.5.